The molecule has 0 aliphatic rings. The lowest BCUT2D eigenvalue weighted by Gasteiger charge is -2.00. The molecule has 0 fully saturated rings. The highest BCUT2D eigenvalue weighted by Crippen LogP contribution is 2.25. The van der Waals surface area contributed by atoms with E-state index in [2.05, 4.69) is 4.98 Å². The van der Waals surface area contributed by atoms with Crippen LogP contribution in [0.15, 0.2) is 6.20 Å². The summed E-state index contributed by atoms with van der Waals surface area (Å²) in [5, 5.41) is 0.185. The maximum Gasteiger partial charge on any atom is 0.153 e. The third kappa shape index (κ3) is 1.44. The van der Waals surface area contributed by atoms with E-state index in [0.29, 0.717) is 6.29 Å². The van der Waals surface area contributed by atoms with Crippen LogP contribution in [0, 0.1) is 0 Å². The number of hydrogen-bond donors (Lipinski definition) is 1. The number of nitrogens with zero attached hydrogens (tertiary/aromatic N) is 1. The summed E-state index contributed by atoms with van der Waals surface area (Å²) < 4.78 is 0. The predicted octanol–water partition coefficient (Wildman–Crippen LogP) is 1.78. The predicted molar refractivity (Wildman–Crippen MR) is 44.1 cm³/mol. The molecule has 0 aromatic carbocycles. The summed E-state index contributed by atoms with van der Waals surface area (Å²) >= 11 is 11.1. The van der Waals surface area contributed by atoms with Crippen molar-refractivity contribution in [2.75, 3.05) is 5.73 Å². The van der Waals surface area contributed by atoms with E-state index in [1.54, 1.807) is 0 Å². The fraction of sp³-hybridized carbons (Fsp3) is 0. The van der Waals surface area contributed by atoms with E-state index in [1.165, 1.54) is 6.20 Å². The zero-order valence-electron chi connectivity index (χ0n) is 5.34. The Labute approximate surface area is 73.1 Å². The topological polar surface area (TPSA) is 56.0 Å². The number of carbonyl (C=O) groups is 1. The van der Waals surface area contributed by atoms with Gasteiger partial charge in [0.25, 0.3) is 0 Å². The lowest BCUT2D eigenvalue weighted by atomic mass is 10.2. The smallest absolute Gasteiger partial charge is 0.153 e. The summed E-state index contributed by atoms with van der Waals surface area (Å²) in [6.45, 7) is 0. The Kier molecular flexibility index (Phi) is 2.31. The molecule has 1 aromatic rings. The summed E-state index contributed by atoms with van der Waals surface area (Å²) in [6.07, 6.45) is 1.84. The molecule has 0 spiro atoms. The monoisotopic (exact) mass is 190 g/mol. The van der Waals surface area contributed by atoms with E-state index in [9.17, 15) is 4.79 Å². The van der Waals surface area contributed by atoms with Gasteiger partial charge < -0.3 is 5.73 Å². The number of hydrogen-bond acceptors (Lipinski definition) is 3. The fourth-order valence-corrected chi connectivity index (χ4v) is 0.963. The van der Waals surface area contributed by atoms with Crippen molar-refractivity contribution in [2.45, 2.75) is 0 Å². The number of anilines is 1. The first-order chi connectivity index (χ1) is 5.16. The van der Waals surface area contributed by atoms with E-state index in [1.807, 2.05) is 0 Å². The Morgan fingerprint density at radius 2 is 2.18 bits per heavy atom. The maximum absolute atomic E-state index is 10.3. The highest BCUT2D eigenvalue weighted by Gasteiger charge is 2.07. The average Bonchev–Trinajstić information content (AvgIpc) is 1.99. The first-order valence-corrected chi connectivity index (χ1v) is 3.47. The lowest BCUT2D eigenvalue weighted by Crippen LogP contribution is -1.95. The van der Waals surface area contributed by atoms with Crippen molar-refractivity contribution in [3.05, 3.63) is 21.9 Å². The molecule has 0 saturated carbocycles. The minimum absolute atomic E-state index is 0.0861. The maximum atomic E-state index is 10.3. The molecule has 0 aliphatic heterocycles. The van der Waals surface area contributed by atoms with Crippen LogP contribution in [-0.2, 0) is 0 Å². The summed E-state index contributed by atoms with van der Waals surface area (Å²) in [6, 6.07) is 0. The largest absolute Gasteiger partial charge is 0.397 e. The number of rotatable bonds is 1. The van der Waals surface area contributed by atoms with Crippen LogP contribution in [0.4, 0.5) is 5.69 Å². The molecule has 0 amide bonds. The number of nitrogens with two attached hydrogens (primary N) is 1. The van der Waals surface area contributed by atoms with Crippen molar-refractivity contribution >= 4 is 35.2 Å². The number of halogens is 2. The van der Waals surface area contributed by atoms with Gasteiger partial charge in [-0.15, -0.1) is 0 Å². The summed E-state index contributed by atoms with van der Waals surface area (Å²) in [5.41, 5.74) is 5.78. The van der Waals surface area contributed by atoms with Gasteiger partial charge in [-0.2, -0.15) is 0 Å². The van der Waals surface area contributed by atoms with Crippen molar-refractivity contribution in [3.8, 4) is 0 Å². The first kappa shape index (κ1) is 8.30. The first-order valence-electron chi connectivity index (χ1n) is 2.71. The van der Waals surface area contributed by atoms with E-state index >= 15 is 0 Å². The van der Waals surface area contributed by atoms with E-state index in [4.69, 9.17) is 28.9 Å². The second-order valence-corrected chi connectivity index (χ2v) is 2.59. The molecule has 58 valence electrons. The van der Waals surface area contributed by atoms with E-state index in [-0.39, 0.29) is 21.4 Å². The molecule has 0 atom stereocenters. The van der Waals surface area contributed by atoms with Gasteiger partial charge in [-0.05, 0) is 0 Å². The lowest BCUT2D eigenvalue weighted by molar-refractivity contribution is 0.112. The normalized spacial score (nSPS) is 9.64. The van der Waals surface area contributed by atoms with Crippen molar-refractivity contribution in [1.29, 1.82) is 0 Å². The Balaban J connectivity index is 3.40. The van der Waals surface area contributed by atoms with Crippen LogP contribution >= 0.6 is 23.2 Å². The number of carbonyl (C=O) groups excluding carboxylic acids is 1. The Hall–Kier alpha value is -0.800. The number of pyridine rings is 1. The van der Waals surface area contributed by atoms with Gasteiger partial charge in [0.1, 0.15) is 5.15 Å². The molecule has 0 saturated heterocycles. The molecule has 1 heterocycles. The molecule has 5 heteroatoms. The molecular formula is C6H4Cl2N2O. The Morgan fingerprint density at radius 3 is 2.64 bits per heavy atom. The minimum atomic E-state index is 0.0861. The molecule has 1 aromatic heterocycles. The van der Waals surface area contributed by atoms with Gasteiger partial charge in [0.15, 0.2) is 6.29 Å². The quantitative estimate of drug-likeness (QED) is 0.543. The van der Waals surface area contributed by atoms with Crippen LogP contribution in [0.25, 0.3) is 0 Å². The van der Waals surface area contributed by atoms with Gasteiger partial charge in [-0.1, -0.05) is 23.2 Å². The molecule has 0 radical (unpaired) electrons. The zero-order valence-corrected chi connectivity index (χ0v) is 6.86. The molecule has 11 heavy (non-hydrogen) atoms. The SMILES string of the molecule is Nc1cnc(Cl)c(Cl)c1C=O. The van der Waals surface area contributed by atoms with Crippen LogP contribution in [0.1, 0.15) is 10.4 Å². The van der Waals surface area contributed by atoms with Crippen LogP contribution < -0.4 is 5.73 Å². The molecule has 1 rings (SSSR count). The standard InChI is InChI=1S/C6H4Cl2N2O/c7-5-3(2-11)4(9)1-10-6(5)8/h1-2H,9H2. The summed E-state index contributed by atoms with van der Waals surface area (Å²) in [5.74, 6) is 0. The minimum Gasteiger partial charge on any atom is -0.397 e. The third-order valence-electron chi connectivity index (χ3n) is 1.16. The summed E-state index contributed by atoms with van der Waals surface area (Å²) in [4.78, 5) is 14.0. The van der Waals surface area contributed by atoms with Crippen molar-refractivity contribution in [2.24, 2.45) is 0 Å². The molecule has 0 aliphatic carbocycles. The van der Waals surface area contributed by atoms with Crippen molar-refractivity contribution in [1.82, 2.24) is 4.98 Å². The molecule has 2 N–H and O–H groups in total. The van der Waals surface area contributed by atoms with Gasteiger partial charge in [0.2, 0.25) is 0 Å². The Morgan fingerprint density at radius 1 is 1.55 bits per heavy atom. The molecular weight excluding hydrogens is 187 g/mol. The Bertz CT molecular complexity index is 301. The highest BCUT2D eigenvalue weighted by molar-refractivity contribution is 6.43. The van der Waals surface area contributed by atoms with Crippen LogP contribution in [-0.4, -0.2) is 11.3 Å². The second kappa shape index (κ2) is 3.07. The summed E-state index contributed by atoms with van der Waals surface area (Å²) in [7, 11) is 0. The van der Waals surface area contributed by atoms with Crippen molar-refractivity contribution in [3.63, 3.8) is 0 Å². The van der Waals surface area contributed by atoms with Gasteiger partial charge in [0, 0.05) is 0 Å². The molecule has 0 unspecified atom stereocenters. The number of aldehydes is 1. The van der Waals surface area contributed by atoms with Gasteiger partial charge in [0.05, 0.1) is 22.5 Å². The molecule has 3 nitrogen and oxygen atoms in total. The van der Waals surface area contributed by atoms with Gasteiger partial charge in [-0.25, -0.2) is 4.98 Å². The van der Waals surface area contributed by atoms with E-state index < -0.39 is 0 Å². The van der Waals surface area contributed by atoms with Crippen molar-refractivity contribution < 1.29 is 4.79 Å². The number of nitrogen functional groups attached to an aromatic ring is 1. The molecule has 0 bridgehead atoms. The number of aromatic nitrogens is 1. The van der Waals surface area contributed by atoms with Crippen LogP contribution in [0.3, 0.4) is 0 Å². The second-order valence-electron chi connectivity index (χ2n) is 1.85. The van der Waals surface area contributed by atoms with Crippen LogP contribution in [0.2, 0.25) is 10.2 Å². The third-order valence-corrected chi connectivity index (χ3v) is 1.93. The fourth-order valence-electron chi connectivity index (χ4n) is 0.610. The highest BCUT2D eigenvalue weighted by atomic mass is 35.5. The zero-order chi connectivity index (χ0) is 8.43. The van der Waals surface area contributed by atoms with Crippen LogP contribution in [0.5, 0.6) is 0 Å². The van der Waals surface area contributed by atoms with Gasteiger partial charge in [-0.3, -0.25) is 4.79 Å². The van der Waals surface area contributed by atoms with E-state index in [0.717, 1.165) is 0 Å². The average molecular weight is 191 g/mol. The van der Waals surface area contributed by atoms with Gasteiger partial charge >= 0.3 is 0 Å².